The van der Waals surface area contributed by atoms with E-state index in [0.29, 0.717) is 12.8 Å². The smallest absolute Gasteiger partial charge is 0.276 e. The van der Waals surface area contributed by atoms with Gasteiger partial charge in [-0.1, -0.05) is 11.6 Å². The van der Waals surface area contributed by atoms with E-state index in [1.54, 1.807) is 0 Å². The van der Waals surface area contributed by atoms with Gasteiger partial charge in [0.2, 0.25) is 0 Å². The highest BCUT2D eigenvalue weighted by molar-refractivity contribution is 6.34. The van der Waals surface area contributed by atoms with Crippen LogP contribution in [0.25, 0.3) is 0 Å². The molecular formula is C12H16ClN5O2. The SMILES string of the molecule is CNN1CCC2(CC1)NC(=O)c1c(Cl)cc(N)c(=O)n12. The van der Waals surface area contributed by atoms with Crippen LogP contribution in [0.5, 0.6) is 0 Å². The highest BCUT2D eigenvalue weighted by atomic mass is 35.5. The molecule has 1 spiro atoms. The third-order valence-corrected chi connectivity index (χ3v) is 4.37. The molecule has 1 aromatic heterocycles. The van der Waals surface area contributed by atoms with Gasteiger partial charge in [0.1, 0.15) is 11.4 Å². The number of nitrogens with zero attached hydrogens (tertiary/aromatic N) is 2. The van der Waals surface area contributed by atoms with Crippen LogP contribution in [-0.4, -0.2) is 35.6 Å². The number of carbonyl (C=O) groups excluding carboxylic acids is 1. The number of carbonyl (C=O) groups is 1. The van der Waals surface area contributed by atoms with E-state index in [0.717, 1.165) is 13.1 Å². The largest absolute Gasteiger partial charge is 0.394 e. The summed E-state index contributed by atoms with van der Waals surface area (Å²) in [6.07, 6.45) is 1.23. The number of fused-ring (bicyclic) bond motifs is 2. The van der Waals surface area contributed by atoms with Crippen LogP contribution in [0.4, 0.5) is 5.69 Å². The summed E-state index contributed by atoms with van der Waals surface area (Å²) in [4.78, 5) is 24.5. The van der Waals surface area contributed by atoms with E-state index in [2.05, 4.69) is 10.7 Å². The number of nitrogens with two attached hydrogens (primary N) is 1. The summed E-state index contributed by atoms with van der Waals surface area (Å²) in [6.45, 7) is 1.43. The minimum atomic E-state index is -0.712. The third kappa shape index (κ3) is 1.74. The van der Waals surface area contributed by atoms with Crippen LogP contribution in [0, 0.1) is 0 Å². The van der Waals surface area contributed by atoms with Crippen LogP contribution in [0.1, 0.15) is 23.3 Å². The Morgan fingerprint density at radius 2 is 2.05 bits per heavy atom. The standard InChI is InChI=1S/C12H16ClN5O2/c1-15-17-4-2-12(3-5-17)16-10(19)9-7(13)6-8(14)11(20)18(9)12/h6,15H,2-5,14H2,1H3,(H,16,19). The van der Waals surface area contributed by atoms with Crippen molar-refractivity contribution in [1.29, 1.82) is 0 Å². The van der Waals surface area contributed by atoms with Crippen molar-refractivity contribution in [1.82, 2.24) is 20.3 Å². The quantitative estimate of drug-likeness (QED) is 0.662. The molecule has 20 heavy (non-hydrogen) atoms. The molecule has 0 bridgehead atoms. The number of anilines is 1. The molecular weight excluding hydrogens is 282 g/mol. The van der Waals surface area contributed by atoms with Crippen molar-refractivity contribution in [2.45, 2.75) is 18.5 Å². The molecule has 2 aliphatic rings. The summed E-state index contributed by atoms with van der Waals surface area (Å²) in [6, 6.07) is 1.34. The zero-order chi connectivity index (χ0) is 14.5. The number of nitrogen functional groups attached to an aromatic ring is 1. The first-order valence-corrected chi connectivity index (χ1v) is 6.83. The van der Waals surface area contributed by atoms with E-state index in [9.17, 15) is 9.59 Å². The Morgan fingerprint density at radius 3 is 2.65 bits per heavy atom. The van der Waals surface area contributed by atoms with E-state index < -0.39 is 5.66 Å². The maximum atomic E-state index is 12.3. The lowest BCUT2D eigenvalue weighted by atomic mass is 9.98. The molecule has 108 valence electrons. The Balaban J connectivity index is 2.12. The monoisotopic (exact) mass is 297 g/mol. The van der Waals surface area contributed by atoms with E-state index in [-0.39, 0.29) is 27.9 Å². The van der Waals surface area contributed by atoms with Gasteiger partial charge in [0.25, 0.3) is 11.5 Å². The van der Waals surface area contributed by atoms with Crippen molar-refractivity contribution in [3.8, 4) is 0 Å². The summed E-state index contributed by atoms with van der Waals surface area (Å²) in [7, 11) is 1.85. The van der Waals surface area contributed by atoms with Crippen molar-refractivity contribution < 1.29 is 4.79 Å². The minimum absolute atomic E-state index is 0.0608. The van der Waals surface area contributed by atoms with Crippen LogP contribution in [0.3, 0.4) is 0 Å². The van der Waals surface area contributed by atoms with E-state index in [1.165, 1.54) is 10.6 Å². The van der Waals surface area contributed by atoms with Crippen molar-refractivity contribution >= 4 is 23.2 Å². The lowest BCUT2D eigenvalue weighted by Gasteiger charge is -2.39. The summed E-state index contributed by atoms with van der Waals surface area (Å²) in [5.41, 5.74) is 7.97. The second kappa shape index (κ2) is 4.47. The molecule has 1 fully saturated rings. The number of hydrogen-bond donors (Lipinski definition) is 3. The molecule has 8 heteroatoms. The number of pyridine rings is 1. The van der Waals surface area contributed by atoms with Crippen LogP contribution in [0.2, 0.25) is 5.02 Å². The summed E-state index contributed by atoms with van der Waals surface area (Å²) in [5.74, 6) is -0.315. The number of rotatable bonds is 1. The highest BCUT2D eigenvalue weighted by Crippen LogP contribution is 2.34. The second-order valence-corrected chi connectivity index (χ2v) is 5.54. The summed E-state index contributed by atoms with van der Waals surface area (Å²) >= 11 is 6.08. The van der Waals surface area contributed by atoms with Crippen LogP contribution < -0.4 is 22.0 Å². The topological polar surface area (TPSA) is 92.4 Å². The second-order valence-electron chi connectivity index (χ2n) is 5.13. The van der Waals surface area contributed by atoms with Crippen molar-refractivity contribution in [2.75, 3.05) is 25.9 Å². The Bertz CT molecular complexity index is 633. The zero-order valence-electron chi connectivity index (χ0n) is 11.1. The Labute approximate surface area is 120 Å². The summed E-state index contributed by atoms with van der Waals surface area (Å²) in [5, 5.41) is 5.17. The van der Waals surface area contributed by atoms with Gasteiger partial charge < -0.3 is 11.1 Å². The van der Waals surface area contributed by atoms with E-state index >= 15 is 0 Å². The number of nitrogens with one attached hydrogen (secondary N) is 2. The number of halogens is 1. The fourth-order valence-corrected chi connectivity index (χ4v) is 3.29. The maximum absolute atomic E-state index is 12.3. The number of hydrazine groups is 1. The zero-order valence-corrected chi connectivity index (χ0v) is 11.8. The molecule has 3 heterocycles. The van der Waals surface area contributed by atoms with E-state index in [4.69, 9.17) is 17.3 Å². The summed E-state index contributed by atoms with van der Waals surface area (Å²) < 4.78 is 1.44. The number of aromatic nitrogens is 1. The molecule has 3 rings (SSSR count). The van der Waals surface area contributed by atoms with Gasteiger partial charge in [-0.15, -0.1) is 0 Å². The average molecular weight is 298 g/mol. The number of hydrogen-bond acceptors (Lipinski definition) is 5. The fraction of sp³-hybridized carbons (Fsp3) is 0.500. The lowest BCUT2D eigenvalue weighted by molar-refractivity contribution is 0.0603. The molecule has 4 N–H and O–H groups in total. The molecule has 1 amide bonds. The van der Waals surface area contributed by atoms with Gasteiger partial charge in [-0.05, 0) is 13.1 Å². The third-order valence-electron chi connectivity index (χ3n) is 4.08. The molecule has 1 saturated heterocycles. The number of amides is 1. The molecule has 0 aliphatic carbocycles. The first-order chi connectivity index (χ1) is 9.48. The van der Waals surface area contributed by atoms with Gasteiger partial charge in [-0.3, -0.25) is 19.6 Å². The minimum Gasteiger partial charge on any atom is -0.394 e. The van der Waals surface area contributed by atoms with Crippen molar-refractivity contribution in [3.63, 3.8) is 0 Å². The molecule has 0 atom stereocenters. The number of piperidine rings is 1. The Morgan fingerprint density at radius 1 is 1.40 bits per heavy atom. The normalized spacial score (nSPS) is 21.0. The predicted octanol–water partition coefficient (Wildman–Crippen LogP) is -0.290. The Kier molecular flexibility index (Phi) is 3.00. The average Bonchev–Trinajstić information content (AvgIpc) is 2.70. The maximum Gasteiger partial charge on any atom is 0.276 e. The van der Waals surface area contributed by atoms with Crippen LogP contribution >= 0.6 is 11.6 Å². The van der Waals surface area contributed by atoms with Gasteiger partial charge in [0.15, 0.2) is 0 Å². The van der Waals surface area contributed by atoms with Crippen molar-refractivity contribution in [3.05, 3.63) is 27.1 Å². The van der Waals surface area contributed by atoms with E-state index in [1.807, 2.05) is 12.1 Å². The highest BCUT2D eigenvalue weighted by Gasteiger charge is 2.46. The molecule has 0 unspecified atom stereocenters. The molecule has 2 aliphatic heterocycles. The van der Waals surface area contributed by atoms with Gasteiger partial charge in [-0.25, -0.2) is 5.01 Å². The van der Waals surface area contributed by atoms with Gasteiger partial charge in [-0.2, -0.15) is 0 Å². The predicted molar refractivity (Wildman–Crippen MR) is 75.4 cm³/mol. The molecule has 1 aromatic rings. The Hall–Kier alpha value is -1.57. The van der Waals surface area contributed by atoms with Crippen LogP contribution in [-0.2, 0) is 5.66 Å². The van der Waals surface area contributed by atoms with Gasteiger partial charge in [0, 0.05) is 25.9 Å². The lowest BCUT2D eigenvalue weighted by Crippen LogP contribution is -2.56. The molecule has 0 aromatic carbocycles. The van der Waals surface area contributed by atoms with Crippen LogP contribution in [0.15, 0.2) is 10.9 Å². The molecule has 0 radical (unpaired) electrons. The van der Waals surface area contributed by atoms with Gasteiger partial charge >= 0.3 is 0 Å². The fourth-order valence-electron chi connectivity index (χ4n) is 3.00. The van der Waals surface area contributed by atoms with Gasteiger partial charge in [0.05, 0.1) is 10.7 Å². The molecule has 0 saturated carbocycles. The first kappa shape index (κ1) is 13.4. The molecule has 7 nitrogen and oxygen atoms in total. The van der Waals surface area contributed by atoms with Crippen molar-refractivity contribution in [2.24, 2.45) is 0 Å². The first-order valence-electron chi connectivity index (χ1n) is 6.45.